The van der Waals surface area contributed by atoms with Crippen LogP contribution in [-0.4, -0.2) is 16.2 Å². The zero-order valence-electron chi connectivity index (χ0n) is 6.78. The van der Waals surface area contributed by atoms with Gasteiger partial charge in [0.25, 0.3) is 0 Å². The van der Waals surface area contributed by atoms with Gasteiger partial charge in [-0.25, -0.2) is 9.98 Å². The second-order valence-corrected chi connectivity index (χ2v) is 2.19. The highest BCUT2D eigenvalue weighted by atomic mass is 14.9. The minimum absolute atomic E-state index is 0.717. The molecule has 0 amide bonds. The van der Waals surface area contributed by atoms with Gasteiger partial charge in [-0.1, -0.05) is 6.92 Å². The lowest BCUT2D eigenvalue weighted by Gasteiger charge is -1.94. The molecule has 1 aromatic rings. The quantitative estimate of drug-likeness (QED) is 0.602. The van der Waals surface area contributed by atoms with E-state index < -0.39 is 0 Å². The lowest BCUT2D eigenvalue weighted by molar-refractivity contribution is 1.10. The molecule has 1 heterocycles. The van der Waals surface area contributed by atoms with Gasteiger partial charge in [0.2, 0.25) is 0 Å². The first-order valence-corrected chi connectivity index (χ1v) is 3.64. The highest BCUT2D eigenvalue weighted by Crippen LogP contribution is 2.08. The van der Waals surface area contributed by atoms with E-state index in [9.17, 15) is 0 Å². The Morgan fingerprint density at radius 3 is 2.82 bits per heavy atom. The molecular weight excluding hydrogens is 138 g/mol. The molecule has 0 aliphatic carbocycles. The van der Waals surface area contributed by atoms with Crippen LogP contribution in [0.2, 0.25) is 0 Å². The van der Waals surface area contributed by atoms with E-state index in [4.69, 9.17) is 0 Å². The Morgan fingerprint density at radius 2 is 2.18 bits per heavy atom. The average molecular weight is 149 g/mol. The van der Waals surface area contributed by atoms with Crippen molar-refractivity contribution in [3.63, 3.8) is 0 Å². The van der Waals surface area contributed by atoms with Crippen LogP contribution < -0.4 is 0 Å². The molecule has 0 unspecified atom stereocenters. The van der Waals surface area contributed by atoms with E-state index in [2.05, 4.69) is 15.0 Å². The van der Waals surface area contributed by atoms with E-state index in [1.54, 1.807) is 12.4 Å². The van der Waals surface area contributed by atoms with Crippen molar-refractivity contribution in [1.82, 2.24) is 9.97 Å². The predicted molar refractivity (Wildman–Crippen MR) is 45.2 cm³/mol. The fourth-order valence-electron chi connectivity index (χ4n) is 0.705. The molecule has 0 bridgehead atoms. The van der Waals surface area contributed by atoms with E-state index in [-0.39, 0.29) is 0 Å². The zero-order chi connectivity index (χ0) is 8.10. The molecule has 11 heavy (non-hydrogen) atoms. The number of rotatable bonds is 2. The molecule has 58 valence electrons. The van der Waals surface area contributed by atoms with E-state index in [0.717, 1.165) is 12.1 Å². The van der Waals surface area contributed by atoms with Gasteiger partial charge in [-0.2, -0.15) is 0 Å². The highest BCUT2D eigenvalue weighted by molar-refractivity contribution is 5.61. The Balaban J connectivity index is 2.86. The van der Waals surface area contributed by atoms with E-state index >= 15 is 0 Å². The summed E-state index contributed by atoms with van der Waals surface area (Å²) in [7, 11) is 0. The molecule has 0 spiro atoms. The number of hydrogen-bond donors (Lipinski definition) is 0. The molecule has 0 saturated carbocycles. The third-order valence-corrected chi connectivity index (χ3v) is 1.25. The summed E-state index contributed by atoms with van der Waals surface area (Å²) in [5, 5.41) is 0. The number of nitrogens with zero attached hydrogens (tertiary/aromatic N) is 3. The zero-order valence-corrected chi connectivity index (χ0v) is 6.78. The van der Waals surface area contributed by atoms with Gasteiger partial charge in [-0.15, -0.1) is 0 Å². The Kier molecular flexibility index (Phi) is 2.72. The van der Waals surface area contributed by atoms with Crippen molar-refractivity contribution in [3.8, 4) is 0 Å². The van der Waals surface area contributed by atoms with Gasteiger partial charge >= 0.3 is 0 Å². The molecule has 0 atom stereocenters. The van der Waals surface area contributed by atoms with Gasteiger partial charge < -0.3 is 0 Å². The minimum atomic E-state index is 0.717. The van der Waals surface area contributed by atoms with Crippen molar-refractivity contribution < 1.29 is 0 Å². The predicted octanol–water partition coefficient (Wildman–Crippen LogP) is 1.90. The largest absolute Gasteiger partial charge is 0.256 e. The van der Waals surface area contributed by atoms with Crippen LogP contribution in [0.25, 0.3) is 0 Å². The van der Waals surface area contributed by atoms with Gasteiger partial charge in [0.05, 0.1) is 5.69 Å². The molecule has 0 fully saturated rings. The van der Waals surface area contributed by atoms with Crippen molar-refractivity contribution >= 4 is 12.0 Å². The fourth-order valence-corrected chi connectivity index (χ4v) is 0.705. The number of aliphatic imine (C=N–C) groups is 1. The average Bonchev–Trinajstić information content (AvgIpc) is 2.03. The summed E-state index contributed by atoms with van der Waals surface area (Å²) in [6.45, 7) is 3.94. The smallest absolute Gasteiger partial charge is 0.173 e. The Hall–Kier alpha value is -1.25. The van der Waals surface area contributed by atoms with Crippen molar-refractivity contribution in [2.24, 2.45) is 4.99 Å². The van der Waals surface area contributed by atoms with Crippen LogP contribution in [0.1, 0.15) is 19.0 Å². The first kappa shape index (κ1) is 7.85. The van der Waals surface area contributed by atoms with Gasteiger partial charge in [0.1, 0.15) is 0 Å². The van der Waals surface area contributed by atoms with Crippen molar-refractivity contribution in [3.05, 3.63) is 18.1 Å². The van der Waals surface area contributed by atoms with Gasteiger partial charge in [0, 0.05) is 18.6 Å². The van der Waals surface area contributed by atoms with Crippen LogP contribution in [-0.2, 0) is 0 Å². The summed E-state index contributed by atoms with van der Waals surface area (Å²) in [6, 6.07) is 0. The van der Waals surface area contributed by atoms with Crippen LogP contribution in [0.4, 0.5) is 5.82 Å². The second kappa shape index (κ2) is 3.81. The van der Waals surface area contributed by atoms with Gasteiger partial charge in [-0.3, -0.25) is 4.98 Å². The van der Waals surface area contributed by atoms with Crippen molar-refractivity contribution in [1.29, 1.82) is 0 Å². The molecule has 1 aromatic heterocycles. The number of aryl methyl sites for hydroxylation is 1. The van der Waals surface area contributed by atoms with Crippen molar-refractivity contribution in [2.75, 3.05) is 0 Å². The topological polar surface area (TPSA) is 38.1 Å². The number of aromatic nitrogens is 2. The summed E-state index contributed by atoms with van der Waals surface area (Å²) in [5.74, 6) is 0.717. The van der Waals surface area contributed by atoms with Crippen LogP contribution in [0.5, 0.6) is 0 Å². The third kappa shape index (κ3) is 2.11. The molecule has 0 aliphatic heterocycles. The Bertz CT molecular complexity index is 255. The molecule has 3 nitrogen and oxygen atoms in total. The van der Waals surface area contributed by atoms with E-state index in [1.807, 2.05) is 20.1 Å². The van der Waals surface area contributed by atoms with E-state index in [1.165, 1.54) is 0 Å². The summed E-state index contributed by atoms with van der Waals surface area (Å²) in [4.78, 5) is 12.2. The van der Waals surface area contributed by atoms with Crippen LogP contribution in [0, 0.1) is 6.92 Å². The molecule has 0 radical (unpaired) electrons. The third-order valence-electron chi connectivity index (χ3n) is 1.25. The summed E-state index contributed by atoms with van der Waals surface area (Å²) in [5.41, 5.74) is 0.872. The van der Waals surface area contributed by atoms with Gasteiger partial charge in [0.15, 0.2) is 5.82 Å². The molecule has 0 aliphatic rings. The maximum atomic E-state index is 4.13. The maximum Gasteiger partial charge on any atom is 0.173 e. The minimum Gasteiger partial charge on any atom is -0.256 e. The number of hydrogen-bond acceptors (Lipinski definition) is 3. The Morgan fingerprint density at radius 1 is 1.45 bits per heavy atom. The molecule has 0 saturated heterocycles. The standard InChI is InChI=1S/C8H11N3/c1-3-4-10-8-7(2)9-5-6-11-8/h4-6H,3H2,1-2H3. The SMILES string of the molecule is CCC=Nc1nccnc1C. The fraction of sp³-hybridized carbons (Fsp3) is 0.375. The summed E-state index contributed by atoms with van der Waals surface area (Å²) < 4.78 is 0. The molecule has 0 aromatic carbocycles. The lowest BCUT2D eigenvalue weighted by atomic mass is 10.4. The second-order valence-electron chi connectivity index (χ2n) is 2.19. The first-order valence-electron chi connectivity index (χ1n) is 3.64. The Labute approximate surface area is 66.2 Å². The van der Waals surface area contributed by atoms with Crippen LogP contribution in [0.15, 0.2) is 17.4 Å². The maximum absolute atomic E-state index is 4.13. The summed E-state index contributed by atoms with van der Waals surface area (Å²) in [6.07, 6.45) is 6.07. The molecule has 0 N–H and O–H groups in total. The molecular formula is C8H11N3. The van der Waals surface area contributed by atoms with Crippen LogP contribution in [0.3, 0.4) is 0 Å². The monoisotopic (exact) mass is 149 g/mol. The lowest BCUT2D eigenvalue weighted by Crippen LogP contribution is -1.83. The first-order chi connectivity index (χ1) is 5.34. The summed E-state index contributed by atoms with van der Waals surface area (Å²) >= 11 is 0. The van der Waals surface area contributed by atoms with Gasteiger partial charge in [-0.05, 0) is 13.3 Å². The molecule has 3 heteroatoms. The normalized spacial score (nSPS) is 10.7. The van der Waals surface area contributed by atoms with Crippen molar-refractivity contribution in [2.45, 2.75) is 20.3 Å². The van der Waals surface area contributed by atoms with E-state index in [0.29, 0.717) is 5.82 Å². The molecule has 1 rings (SSSR count). The highest BCUT2D eigenvalue weighted by Gasteiger charge is 1.93. The van der Waals surface area contributed by atoms with Crippen LogP contribution >= 0.6 is 0 Å².